The SMILES string of the molecule is CCOC(=O)c1cn(Cc2c(-c3ccc(Cl)cc3)nc3ccccn23)c(=O)[nH]c1=O. The molecule has 9 heteroatoms. The van der Waals surface area contributed by atoms with E-state index in [2.05, 4.69) is 9.97 Å². The van der Waals surface area contributed by atoms with Crippen molar-refractivity contribution in [2.45, 2.75) is 13.5 Å². The van der Waals surface area contributed by atoms with E-state index in [0.717, 1.165) is 5.56 Å². The fourth-order valence-corrected chi connectivity index (χ4v) is 3.30. The Labute approximate surface area is 175 Å². The zero-order chi connectivity index (χ0) is 21.3. The zero-order valence-corrected chi connectivity index (χ0v) is 16.7. The fourth-order valence-electron chi connectivity index (χ4n) is 3.18. The summed E-state index contributed by atoms with van der Waals surface area (Å²) in [6, 6.07) is 12.8. The summed E-state index contributed by atoms with van der Waals surface area (Å²) in [6.45, 7) is 1.83. The summed E-state index contributed by atoms with van der Waals surface area (Å²) in [5, 5.41) is 0.597. The third-order valence-corrected chi connectivity index (χ3v) is 4.82. The van der Waals surface area contributed by atoms with Crippen LogP contribution in [-0.2, 0) is 11.3 Å². The van der Waals surface area contributed by atoms with Crippen LogP contribution in [0.2, 0.25) is 5.02 Å². The minimum absolute atomic E-state index is 0.0746. The summed E-state index contributed by atoms with van der Waals surface area (Å²) in [4.78, 5) is 43.4. The predicted molar refractivity (Wildman–Crippen MR) is 112 cm³/mol. The second kappa shape index (κ2) is 8.00. The van der Waals surface area contributed by atoms with Crippen molar-refractivity contribution >= 4 is 23.2 Å². The molecular formula is C21H17ClN4O4. The van der Waals surface area contributed by atoms with E-state index in [-0.39, 0.29) is 18.7 Å². The van der Waals surface area contributed by atoms with E-state index in [1.807, 2.05) is 40.9 Å². The number of fused-ring (bicyclic) bond motifs is 1. The molecule has 0 unspecified atom stereocenters. The molecule has 0 aliphatic carbocycles. The number of hydrogen-bond donors (Lipinski definition) is 1. The Bertz CT molecular complexity index is 1350. The quantitative estimate of drug-likeness (QED) is 0.497. The van der Waals surface area contributed by atoms with Crippen molar-refractivity contribution in [3.05, 3.63) is 92.0 Å². The molecule has 0 fully saturated rings. The van der Waals surface area contributed by atoms with Crippen LogP contribution >= 0.6 is 11.6 Å². The van der Waals surface area contributed by atoms with Gasteiger partial charge in [-0.15, -0.1) is 0 Å². The molecule has 0 saturated carbocycles. The third kappa shape index (κ3) is 3.65. The van der Waals surface area contributed by atoms with Gasteiger partial charge in [0, 0.05) is 23.0 Å². The first kappa shape index (κ1) is 19.7. The van der Waals surface area contributed by atoms with Crippen LogP contribution in [0, 0.1) is 0 Å². The number of pyridine rings is 1. The largest absolute Gasteiger partial charge is 0.462 e. The summed E-state index contributed by atoms with van der Waals surface area (Å²) >= 11 is 6.01. The van der Waals surface area contributed by atoms with Crippen LogP contribution in [0.1, 0.15) is 23.0 Å². The summed E-state index contributed by atoms with van der Waals surface area (Å²) in [5.41, 5.74) is 1.22. The van der Waals surface area contributed by atoms with Gasteiger partial charge in [-0.3, -0.25) is 14.3 Å². The van der Waals surface area contributed by atoms with E-state index in [0.29, 0.717) is 22.1 Å². The molecule has 0 amide bonds. The molecule has 3 aromatic heterocycles. The van der Waals surface area contributed by atoms with Gasteiger partial charge in [-0.05, 0) is 31.2 Å². The molecule has 8 nitrogen and oxygen atoms in total. The summed E-state index contributed by atoms with van der Waals surface area (Å²) in [6.07, 6.45) is 3.05. The number of halogens is 1. The van der Waals surface area contributed by atoms with Gasteiger partial charge in [0.1, 0.15) is 11.2 Å². The van der Waals surface area contributed by atoms with E-state index in [1.54, 1.807) is 19.1 Å². The number of carbonyl (C=O) groups excluding carboxylic acids is 1. The average Bonchev–Trinajstić information content (AvgIpc) is 3.09. The first-order chi connectivity index (χ1) is 14.5. The molecule has 3 heterocycles. The van der Waals surface area contributed by atoms with Crippen LogP contribution in [0.25, 0.3) is 16.9 Å². The van der Waals surface area contributed by atoms with Gasteiger partial charge < -0.3 is 9.14 Å². The molecule has 152 valence electrons. The Morgan fingerprint density at radius 2 is 1.93 bits per heavy atom. The Kier molecular flexibility index (Phi) is 5.24. The van der Waals surface area contributed by atoms with Crippen molar-refractivity contribution in [1.29, 1.82) is 0 Å². The van der Waals surface area contributed by atoms with Gasteiger partial charge in [0.15, 0.2) is 0 Å². The van der Waals surface area contributed by atoms with E-state index >= 15 is 0 Å². The lowest BCUT2D eigenvalue weighted by molar-refractivity contribution is 0.0523. The first-order valence-corrected chi connectivity index (χ1v) is 9.58. The Morgan fingerprint density at radius 1 is 1.17 bits per heavy atom. The number of ether oxygens (including phenoxy) is 1. The molecule has 30 heavy (non-hydrogen) atoms. The number of H-pyrrole nitrogens is 1. The first-order valence-electron chi connectivity index (χ1n) is 9.20. The van der Waals surface area contributed by atoms with Gasteiger partial charge >= 0.3 is 11.7 Å². The number of aromatic nitrogens is 4. The second-order valence-corrected chi connectivity index (χ2v) is 6.93. The number of rotatable bonds is 5. The number of hydrogen-bond acceptors (Lipinski definition) is 5. The summed E-state index contributed by atoms with van der Waals surface area (Å²) in [7, 11) is 0. The molecule has 0 radical (unpaired) electrons. The van der Waals surface area contributed by atoms with Crippen LogP contribution < -0.4 is 11.2 Å². The molecule has 1 aromatic carbocycles. The van der Waals surface area contributed by atoms with E-state index < -0.39 is 17.2 Å². The van der Waals surface area contributed by atoms with Gasteiger partial charge in [-0.2, -0.15) is 0 Å². The van der Waals surface area contributed by atoms with Crippen molar-refractivity contribution in [2.75, 3.05) is 6.61 Å². The maximum atomic E-state index is 12.4. The molecule has 0 bridgehead atoms. The van der Waals surface area contributed by atoms with Gasteiger partial charge in [0.2, 0.25) is 0 Å². The molecule has 4 aromatic rings. The third-order valence-electron chi connectivity index (χ3n) is 4.57. The lowest BCUT2D eigenvalue weighted by atomic mass is 10.1. The number of carbonyl (C=O) groups is 1. The van der Waals surface area contributed by atoms with Crippen molar-refractivity contribution in [1.82, 2.24) is 18.9 Å². The van der Waals surface area contributed by atoms with Crippen LogP contribution in [0.4, 0.5) is 0 Å². The molecule has 1 N–H and O–H groups in total. The van der Waals surface area contributed by atoms with Crippen LogP contribution in [0.5, 0.6) is 0 Å². The van der Waals surface area contributed by atoms with Crippen LogP contribution in [-0.4, -0.2) is 31.5 Å². The lowest BCUT2D eigenvalue weighted by Gasteiger charge is -2.09. The number of benzene rings is 1. The van der Waals surface area contributed by atoms with E-state index in [1.165, 1.54) is 10.8 Å². The highest BCUT2D eigenvalue weighted by atomic mass is 35.5. The van der Waals surface area contributed by atoms with E-state index in [4.69, 9.17) is 16.3 Å². The van der Waals surface area contributed by atoms with Gasteiger partial charge in [-0.25, -0.2) is 14.6 Å². The topological polar surface area (TPSA) is 98.5 Å². The molecule has 0 atom stereocenters. The number of esters is 1. The molecule has 0 spiro atoms. The van der Waals surface area contributed by atoms with Crippen molar-refractivity contribution in [3.63, 3.8) is 0 Å². The Morgan fingerprint density at radius 3 is 2.67 bits per heavy atom. The number of nitrogens with zero attached hydrogens (tertiary/aromatic N) is 3. The average molecular weight is 425 g/mol. The summed E-state index contributed by atoms with van der Waals surface area (Å²) < 4.78 is 8.02. The van der Waals surface area contributed by atoms with Crippen molar-refractivity contribution in [2.24, 2.45) is 0 Å². The number of imidazole rings is 1. The fraction of sp³-hybridized carbons (Fsp3) is 0.143. The maximum absolute atomic E-state index is 12.4. The molecule has 0 saturated heterocycles. The molecular weight excluding hydrogens is 408 g/mol. The smallest absolute Gasteiger partial charge is 0.345 e. The standard InChI is InChI=1S/C21H17ClN4O4/c1-2-30-20(28)15-11-25(21(29)24-19(15)27)12-16-18(13-6-8-14(22)9-7-13)23-17-5-3-4-10-26(16)17/h3-11H,2,12H2,1H3,(H,24,27,29). The number of nitrogens with one attached hydrogen (secondary N) is 1. The van der Waals surface area contributed by atoms with Gasteiger partial charge in [0.25, 0.3) is 5.56 Å². The molecule has 4 rings (SSSR count). The predicted octanol–water partition coefficient (Wildman–Crippen LogP) is 2.73. The van der Waals surface area contributed by atoms with Gasteiger partial charge in [0.05, 0.1) is 24.5 Å². The minimum atomic E-state index is -0.788. The van der Waals surface area contributed by atoms with E-state index in [9.17, 15) is 14.4 Å². The monoisotopic (exact) mass is 424 g/mol. The Balaban J connectivity index is 1.86. The van der Waals surface area contributed by atoms with Gasteiger partial charge in [-0.1, -0.05) is 29.8 Å². The Hall–Kier alpha value is -3.65. The highest BCUT2D eigenvalue weighted by Gasteiger charge is 2.18. The van der Waals surface area contributed by atoms with Crippen LogP contribution in [0.15, 0.2) is 64.4 Å². The molecule has 0 aliphatic heterocycles. The van der Waals surface area contributed by atoms with Crippen LogP contribution in [0.3, 0.4) is 0 Å². The van der Waals surface area contributed by atoms with Crippen molar-refractivity contribution in [3.8, 4) is 11.3 Å². The highest BCUT2D eigenvalue weighted by Crippen LogP contribution is 2.26. The lowest BCUT2D eigenvalue weighted by Crippen LogP contribution is -2.34. The molecule has 0 aliphatic rings. The summed E-state index contributed by atoms with van der Waals surface area (Å²) in [5.74, 6) is -0.788. The van der Waals surface area contributed by atoms with Crippen molar-refractivity contribution < 1.29 is 9.53 Å². The second-order valence-electron chi connectivity index (χ2n) is 6.49. The normalized spacial score (nSPS) is 11.0. The minimum Gasteiger partial charge on any atom is -0.462 e. The zero-order valence-electron chi connectivity index (χ0n) is 16.0. The number of aromatic amines is 1. The highest BCUT2D eigenvalue weighted by molar-refractivity contribution is 6.30. The maximum Gasteiger partial charge on any atom is 0.345 e.